The zero-order valence-corrected chi connectivity index (χ0v) is 10.9. The Morgan fingerprint density at radius 2 is 1.79 bits per heavy atom. The van der Waals surface area contributed by atoms with Crippen LogP contribution in [0.1, 0.15) is 43.2 Å². The topological polar surface area (TPSA) is 35.2 Å². The number of hydrogen-bond acceptors (Lipinski definition) is 2. The van der Waals surface area contributed by atoms with Gasteiger partial charge in [-0.3, -0.25) is 0 Å². The summed E-state index contributed by atoms with van der Waals surface area (Å²) in [7, 11) is 1.38. The van der Waals surface area contributed by atoms with Crippen LogP contribution in [0.3, 0.4) is 0 Å². The zero-order valence-electron chi connectivity index (χ0n) is 10.9. The van der Waals surface area contributed by atoms with Crippen molar-refractivity contribution < 1.29 is 17.9 Å². The maximum absolute atomic E-state index is 13.2. The Labute approximate surface area is 110 Å². The lowest BCUT2D eigenvalue weighted by Crippen LogP contribution is -2.40. The Bertz CT molecular complexity index is 450. The fraction of sp³-hybridized carbons (Fsp3) is 0.571. The molecule has 1 aromatic carbocycles. The lowest BCUT2D eigenvalue weighted by molar-refractivity contribution is -0.139. The van der Waals surface area contributed by atoms with Crippen LogP contribution in [0, 0.1) is 0 Å². The van der Waals surface area contributed by atoms with Gasteiger partial charge in [0.05, 0.1) is 12.7 Å². The van der Waals surface area contributed by atoms with Gasteiger partial charge in [-0.15, -0.1) is 0 Å². The van der Waals surface area contributed by atoms with Gasteiger partial charge in [0, 0.05) is 11.1 Å². The molecular weight excluding hydrogens is 255 g/mol. The molecule has 0 heterocycles. The highest BCUT2D eigenvalue weighted by molar-refractivity contribution is 5.46. The summed E-state index contributed by atoms with van der Waals surface area (Å²) in [6.07, 6.45) is -0.548. The molecule has 19 heavy (non-hydrogen) atoms. The number of halogens is 3. The van der Waals surface area contributed by atoms with Crippen LogP contribution in [0.5, 0.6) is 5.75 Å². The van der Waals surface area contributed by atoms with E-state index >= 15 is 0 Å². The number of hydrogen-bond donors (Lipinski definition) is 1. The van der Waals surface area contributed by atoms with Crippen molar-refractivity contribution >= 4 is 0 Å². The largest absolute Gasteiger partial charge is 0.496 e. The number of alkyl halides is 3. The Kier molecular flexibility index (Phi) is 3.76. The van der Waals surface area contributed by atoms with E-state index < -0.39 is 17.3 Å². The lowest BCUT2D eigenvalue weighted by Gasteiger charge is -2.36. The van der Waals surface area contributed by atoms with Crippen LogP contribution in [0.15, 0.2) is 18.2 Å². The van der Waals surface area contributed by atoms with Crippen molar-refractivity contribution in [2.24, 2.45) is 5.73 Å². The monoisotopic (exact) mass is 273 g/mol. The molecule has 0 radical (unpaired) electrons. The number of methoxy groups -OCH3 is 1. The second kappa shape index (κ2) is 5.04. The zero-order chi connectivity index (χ0) is 14.1. The lowest BCUT2D eigenvalue weighted by atomic mass is 9.75. The summed E-state index contributed by atoms with van der Waals surface area (Å²) < 4.78 is 44.7. The van der Waals surface area contributed by atoms with Crippen molar-refractivity contribution in [1.82, 2.24) is 0 Å². The van der Waals surface area contributed by atoms with E-state index in [9.17, 15) is 13.2 Å². The van der Waals surface area contributed by atoms with Gasteiger partial charge in [-0.2, -0.15) is 13.2 Å². The van der Waals surface area contributed by atoms with E-state index in [1.165, 1.54) is 13.2 Å². The molecule has 0 spiro atoms. The number of ether oxygens (including phenoxy) is 1. The van der Waals surface area contributed by atoms with E-state index in [2.05, 4.69) is 0 Å². The quantitative estimate of drug-likeness (QED) is 0.888. The summed E-state index contributed by atoms with van der Waals surface area (Å²) in [5.74, 6) is 0.235. The highest BCUT2D eigenvalue weighted by Crippen LogP contribution is 2.45. The molecule has 0 amide bonds. The van der Waals surface area contributed by atoms with Crippen molar-refractivity contribution in [2.75, 3.05) is 7.11 Å². The third-order valence-electron chi connectivity index (χ3n) is 3.80. The van der Waals surface area contributed by atoms with Crippen molar-refractivity contribution in [2.45, 2.75) is 43.8 Å². The smallest absolute Gasteiger partial charge is 0.416 e. The molecule has 1 aliphatic rings. The highest BCUT2D eigenvalue weighted by atomic mass is 19.4. The Morgan fingerprint density at radius 3 is 2.32 bits per heavy atom. The fourth-order valence-electron chi connectivity index (χ4n) is 2.88. The highest BCUT2D eigenvalue weighted by Gasteiger charge is 2.42. The van der Waals surface area contributed by atoms with Gasteiger partial charge in [0.1, 0.15) is 5.75 Å². The molecule has 1 aliphatic carbocycles. The number of nitrogens with two attached hydrogens (primary N) is 1. The summed E-state index contributed by atoms with van der Waals surface area (Å²) in [5, 5.41) is 0. The van der Waals surface area contributed by atoms with Crippen LogP contribution < -0.4 is 10.5 Å². The molecule has 0 bridgehead atoms. The Hall–Kier alpha value is -1.23. The second-order valence-corrected chi connectivity index (χ2v) is 5.10. The molecule has 2 nitrogen and oxygen atoms in total. The van der Waals surface area contributed by atoms with Crippen molar-refractivity contribution in [3.05, 3.63) is 29.3 Å². The molecule has 0 unspecified atom stereocenters. The first kappa shape index (κ1) is 14.2. The first-order valence-electron chi connectivity index (χ1n) is 6.42. The third kappa shape index (κ3) is 2.71. The molecule has 1 fully saturated rings. The van der Waals surface area contributed by atoms with Crippen LogP contribution in [-0.4, -0.2) is 7.11 Å². The predicted molar refractivity (Wildman–Crippen MR) is 66.9 cm³/mol. The van der Waals surface area contributed by atoms with Crippen LogP contribution in [0.4, 0.5) is 13.2 Å². The van der Waals surface area contributed by atoms with Gasteiger partial charge in [0.15, 0.2) is 0 Å². The van der Waals surface area contributed by atoms with E-state index in [4.69, 9.17) is 10.5 Å². The van der Waals surface area contributed by atoms with E-state index in [-0.39, 0.29) is 11.3 Å². The molecule has 106 valence electrons. The third-order valence-corrected chi connectivity index (χ3v) is 3.80. The standard InChI is InChI=1S/C14H18F3NO/c1-19-11-7-5-6-10(14(15,16)17)12(11)13(18)8-3-2-4-9-13/h5-7H,2-4,8-9,18H2,1H3. The van der Waals surface area contributed by atoms with Crippen molar-refractivity contribution in [1.29, 1.82) is 0 Å². The molecule has 0 saturated heterocycles. The SMILES string of the molecule is COc1cccc(C(F)(F)F)c1C1(N)CCCCC1. The summed E-state index contributed by atoms with van der Waals surface area (Å²) in [5.41, 5.74) is 4.78. The predicted octanol–water partition coefficient (Wildman–Crippen LogP) is 3.83. The minimum Gasteiger partial charge on any atom is -0.496 e. The first-order chi connectivity index (χ1) is 8.88. The Morgan fingerprint density at radius 1 is 1.16 bits per heavy atom. The first-order valence-corrected chi connectivity index (χ1v) is 6.42. The summed E-state index contributed by atoms with van der Waals surface area (Å²) >= 11 is 0. The van der Waals surface area contributed by atoms with E-state index in [0.29, 0.717) is 12.8 Å². The normalized spacial score (nSPS) is 19.2. The number of rotatable bonds is 2. The summed E-state index contributed by atoms with van der Waals surface area (Å²) in [6, 6.07) is 3.99. The fourth-order valence-corrected chi connectivity index (χ4v) is 2.88. The van der Waals surface area contributed by atoms with E-state index in [1.807, 2.05) is 0 Å². The molecule has 2 rings (SSSR count). The average molecular weight is 273 g/mol. The van der Waals surface area contributed by atoms with E-state index in [1.54, 1.807) is 6.07 Å². The van der Waals surface area contributed by atoms with Gasteiger partial charge in [0.25, 0.3) is 0 Å². The van der Waals surface area contributed by atoms with Gasteiger partial charge in [0.2, 0.25) is 0 Å². The minimum absolute atomic E-state index is 0.115. The minimum atomic E-state index is -4.41. The van der Waals surface area contributed by atoms with Crippen molar-refractivity contribution in [3.8, 4) is 5.75 Å². The maximum Gasteiger partial charge on any atom is 0.416 e. The van der Waals surface area contributed by atoms with Crippen LogP contribution in [0.25, 0.3) is 0 Å². The maximum atomic E-state index is 13.2. The average Bonchev–Trinajstić information content (AvgIpc) is 2.37. The number of benzene rings is 1. The van der Waals surface area contributed by atoms with Gasteiger partial charge in [-0.25, -0.2) is 0 Å². The Balaban J connectivity index is 2.58. The summed E-state index contributed by atoms with van der Waals surface area (Å²) in [4.78, 5) is 0. The molecule has 1 saturated carbocycles. The molecular formula is C14H18F3NO. The molecule has 2 N–H and O–H groups in total. The van der Waals surface area contributed by atoms with Gasteiger partial charge < -0.3 is 10.5 Å². The van der Waals surface area contributed by atoms with Gasteiger partial charge in [-0.1, -0.05) is 25.3 Å². The molecule has 0 aliphatic heterocycles. The van der Waals surface area contributed by atoms with Gasteiger partial charge in [-0.05, 0) is 25.0 Å². The molecule has 1 aromatic rings. The van der Waals surface area contributed by atoms with Crippen molar-refractivity contribution in [3.63, 3.8) is 0 Å². The van der Waals surface area contributed by atoms with E-state index in [0.717, 1.165) is 25.3 Å². The van der Waals surface area contributed by atoms with Crippen LogP contribution in [-0.2, 0) is 11.7 Å². The summed E-state index contributed by atoms with van der Waals surface area (Å²) in [6.45, 7) is 0. The molecule has 5 heteroatoms. The molecule has 0 aromatic heterocycles. The molecule has 0 atom stereocenters. The van der Waals surface area contributed by atoms with Crippen LogP contribution >= 0.6 is 0 Å². The second-order valence-electron chi connectivity index (χ2n) is 5.10. The van der Waals surface area contributed by atoms with Gasteiger partial charge >= 0.3 is 6.18 Å². The van der Waals surface area contributed by atoms with Crippen LogP contribution in [0.2, 0.25) is 0 Å².